The fourth-order valence-corrected chi connectivity index (χ4v) is 2.50. The third kappa shape index (κ3) is 3.30. The molecule has 0 spiro atoms. The first kappa shape index (κ1) is 13.5. The summed E-state index contributed by atoms with van der Waals surface area (Å²) in [5, 5.41) is 8.75. The molecule has 19 heavy (non-hydrogen) atoms. The lowest BCUT2D eigenvalue weighted by molar-refractivity contribution is 0.481. The van der Waals surface area contributed by atoms with Crippen LogP contribution in [0.3, 0.4) is 0 Å². The summed E-state index contributed by atoms with van der Waals surface area (Å²) in [4.78, 5) is 1.29. The summed E-state index contributed by atoms with van der Waals surface area (Å²) in [6, 6.07) is 15.4. The molecular weight excluding hydrogens is 254 g/mol. The van der Waals surface area contributed by atoms with Crippen molar-refractivity contribution in [3.05, 3.63) is 53.6 Å². The average molecular weight is 269 g/mol. The molecule has 0 heterocycles. The molecule has 3 heteroatoms. The Bertz CT molecular complexity index is 599. The Morgan fingerprint density at radius 2 is 1.79 bits per heavy atom. The Kier molecular flexibility index (Phi) is 4.48. The summed E-state index contributed by atoms with van der Waals surface area (Å²) >= 11 is 1.75. The van der Waals surface area contributed by atoms with Crippen molar-refractivity contribution in [2.75, 3.05) is 6.26 Å². The fourth-order valence-electron chi connectivity index (χ4n) is 1.83. The van der Waals surface area contributed by atoms with Gasteiger partial charge in [0.2, 0.25) is 0 Å². The van der Waals surface area contributed by atoms with Crippen LogP contribution < -0.4 is 4.74 Å². The molecule has 0 amide bonds. The molecule has 0 aliphatic carbocycles. The van der Waals surface area contributed by atoms with Crippen molar-refractivity contribution in [3.8, 4) is 17.6 Å². The van der Waals surface area contributed by atoms with Crippen LogP contribution in [0.2, 0.25) is 0 Å². The monoisotopic (exact) mass is 269 g/mol. The van der Waals surface area contributed by atoms with Crippen molar-refractivity contribution in [1.82, 2.24) is 0 Å². The van der Waals surface area contributed by atoms with Gasteiger partial charge < -0.3 is 4.74 Å². The summed E-state index contributed by atoms with van der Waals surface area (Å²) < 4.78 is 5.80. The zero-order chi connectivity index (χ0) is 13.7. The Balaban J connectivity index is 2.20. The lowest BCUT2D eigenvalue weighted by Crippen LogP contribution is -1.89. The summed E-state index contributed by atoms with van der Waals surface area (Å²) in [5.41, 5.74) is 1.93. The molecule has 2 rings (SSSR count). The van der Waals surface area contributed by atoms with E-state index in [1.54, 1.807) is 23.9 Å². The van der Waals surface area contributed by atoms with Gasteiger partial charge in [-0.15, -0.1) is 11.8 Å². The molecule has 96 valence electrons. The second-order valence-electron chi connectivity index (χ2n) is 4.07. The Morgan fingerprint density at radius 1 is 1.11 bits per heavy atom. The summed E-state index contributed by atoms with van der Waals surface area (Å²) in [5.74, 6) is 1.58. The lowest BCUT2D eigenvalue weighted by atomic mass is 10.1. The fraction of sp³-hybridized carbons (Fsp3) is 0.188. The van der Waals surface area contributed by atoms with Gasteiger partial charge in [0.1, 0.15) is 11.5 Å². The number of aryl methyl sites for hydroxylation is 1. The van der Waals surface area contributed by atoms with E-state index in [4.69, 9.17) is 10.00 Å². The van der Waals surface area contributed by atoms with Gasteiger partial charge in [-0.2, -0.15) is 5.26 Å². The van der Waals surface area contributed by atoms with E-state index in [0.717, 1.165) is 17.9 Å². The van der Waals surface area contributed by atoms with E-state index in [1.165, 1.54) is 10.5 Å². The van der Waals surface area contributed by atoms with Gasteiger partial charge in [-0.1, -0.05) is 6.92 Å². The maximum Gasteiger partial charge on any atom is 0.127 e. The van der Waals surface area contributed by atoms with Crippen LogP contribution in [0, 0.1) is 11.3 Å². The number of ether oxygens (including phenoxy) is 1. The predicted octanol–water partition coefficient (Wildman–Crippen LogP) is 4.63. The van der Waals surface area contributed by atoms with E-state index >= 15 is 0 Å². The van der Waals surface area contributed by atoms with Crippen LogP contribution in [0.15, 0.2) is 47.4 Å². The molecule has 0 saturated carbocycles. The average Bonchev–Trinajstić information content (AvgIpc) is 2.48. The van der Waals surface area contributed by atoms with Gasteiger partial charge in [0, 0.05) is 4.90 Å². The van der Waals surface area contributed by atoms with Crippen molar-refractivity contribution in [3.63, 3.8) is 0 Å². The number of hydrogen-bond acceptors (Lipinski definition) is 3. The number of benzene rings is 2. The third-order valence-electron chi connectivity index (χ3n) is 2.85. The maximum absolute atomic E-state index is 8.75. The van der Waals surface area contributed by atoms with Gasteiger partial charge in [-0.25, -0.2) is 0 Å². The van der Waals surface area contributed by atoms with E-state index in [1.807, 2.05) is 18.2 Å². The van der Waals surface area contributed by atoms with Crippen LogP contribution >= 0.6 is 11.8 Å². The van der Waals surface area contributed by atoms with Gasteiger partial charge >= 0.3 is 0 Å². The lowest BCUT2D eigenvalue weighted by Gasteiger charge is -2.10. The topological polar surface area (TPSA) is 33.0 Å². The highest BCUT2D eigenvalue weighted by atomic mass is 32.2. The Hall–Kier alpha value is -1.92. The van der Waals surface area contributed by atoms with Gasteiger partial charge in [-0.05, 0) is 60.7 Å². The number of nitrogens with zero attached hydrogens (tertiary/aromatic N) is 1. The zero-order valence-electron chi connectivity index (χ0n) is 11.0. The molecule has 0 unspecified atom stereocenters. The third-order valence-corrected chi connectivity index (χ3v) is 3.69. The minimum absolute atomic E-state index is 0.638. The number of nitriles is 1. The van der Waals surface area contributed by atoms with Gasteiger partial charge in [0.15, 0.2) is 0 Å². The molecular formula is C16H15NOS. The standard InChI is InChI=1S/C16H15NOS/c1-3-13-10-15(8-9-16(13)19-2)18-14-6-4-12(11-17)5-7-14/h4-10H,3H2,1-2H3. The smallest absolute Gasteiger partial charge is 0.127 e. The molecule has 0 saturated heterocycles. The Morgan fingerprint density at radius 3 is 2.37 bits per heavy atom. The molecule has 2 nitrogen and oxygen atoms in total. The molecule has 2 aromatic rings. The molecule has 0 bridgehead atoms. The maximum atomic E-state index is 8.75. The van der Waals surface area contributed by atoms with Gasteiger partial charge in [-0.3, -0.25) is 0 Å². The first-order chi connectivity index (χ1) is 9.26. The van der Waals surface area contributed by atoms with Crippen LogP contribution in [0.25, 0.3) is 0 Å². The highest BCUT2D eigenvalue weighted by Crippen LogP contribution is 2.28. The summed E-state index contributed by atoms with van der Waals surface area (Å²) in [6.45, 7) is 2.14. The first-order valence-electron chi connectivity index (χ1n) is 6.11. The highest BCUT2D eigenvalue weighted by molar-refractivity contribution is 7.98. The number of thioether (sulfide) groups is 1. The van der Waals surface area contributed by atoms with E-state index in [-0.39, 0.29) is 0 Å². The predicted molar refractivity (Wildman–Crippen MR) is 78.8 cm³/mol. The summed E-state index contributed by atoms with van der Waals surface area (Å²) in [6.07, 6.45) is 3.07. The van der Waals surface area contributed by atoms with Crippen molar-refractivity contribution in [2.24, 2.45) is 0 Å². The van der Waals surface area contributed by atoms with Crippen LogP contribution in [-0.4, -0.2) is 6.26 Å². The first-order valence-corrected chi connectivity index (χ1v) is 7.34. The van der Waals surface area contributed by atoms with E-state index in [0.29, 0.717) is 5.56 Å². The second-order valence-corrected chi connectivity index (χ2v) is 4.91. The minimum atomic E-state index is 0.638. The SMILES string of the molecule is CCc1cc(Oc2ccc(C#N)cc2)ccc1SC. The Labute approximate surface area is 118 Å². The number of hydrogen-bond donors (Lipinski definition) is 0. The molecule has 0 fully saturated rings. The largest absolute Gasteiger partial charge is 0.457 e. The quantitative estimate of drug-likeness (QED) is 0.758. The van der Waals surface area contributed by atoms with Gasteiger partial charge in [0.25, 0.3) is 0 Å². The highest BCUT2D eigenvalue weighted by Gasteiger charge is 2.03. The van der Waals surface area contributed by atoms with Crippen molar-refractivity contribution in [1.29, 1.82) is 5.26 Å². The normalized spacial score (nSPS) is 9.95. The number of rotatable bonds is 4. The van der Waals surface area contributed by atoms with Crippen molar-refractivity contribution in [2.45, 2.75) is 18.2 Å². The van der Waals surface area contributed by atoms with E-state index in [2.05, 4.69) is 31.4 Å². The summed E-state index contributed by atoms with van der Waals surface area (Å²) in [7, 11) is 0. The molecule has 0 aliphatic heterocycles. The molecule has 0 N–H and O–H groups in total. The molecule has 0 atom stereocenters. The van der Waals surface area contributed by atoms with Crippen LogP contribution in [0.1, 0.15) is 18.1 Å². The zero-order valence-corrected chi connectivity index (χ0v) is 11.8. The van der Waals surface area contributed by atoms with Crippen molar-refractivity contribution < 1.29 is 4.74 Å². The molecule has 0 radical (unpaired) electrons. The second kappa shape index (κ2) is 6.31. The molecule has 2 aromatic carbocycles. The van der Waals surface area contributed by atoms with Gasteiger partial charge in [0.05, 0.1) is 11.6 Å². The van der Waals surface area contributed by atoms with Crippen LogP contribution in [0.4, 0.5) is 0 Å². The van der Waals surface area contributed by atoms with E-state index in [9.17, 15) is 0 Å². The molecule has 0 aliphatic rings. The van der Waals surface area contributed by atoms with E-state index < -0.39 is 0 Å². The van der Waals surface area contributed by atoms with Crippen LogP contribution in [0.5, 0.6) is 11.5 Å². The van der Waals surface area contributed by atoms with Crippen molar-refractivity contribution >= 4 is 11.8 Å². The minimum Gasteiger partial charge on any atom is -0.457 e. The molecule has 0 aromatic heterocycles. The van der Waals surface area contributed by atoms with Crippen LogP contribution in [-0.2, 0) is 6.42 Å².